The van der Waals surface area contributed by atoms with Crippen molar-refractivity contribution in [2.75, 3.05) is 27.2 Å². The summed E-state index contributed by atoms with van der Waals surface area (Å²) in [6.07, 6.45) is -0.881. The average molecular weight is 492 g/mol. The molecule has 0 spiro atoms. The highest BCUT2D eigenvalue weighted by Gasteiger charge is 2.33. The van der Waals surface area contributed by atoms with Crippen molar-refractivity contribution in [2.45, 2.75) is 46.3 Å². The standard InChI is InChI=1S/C30H34ClNO3/c1-8-34-29(33)28(35-30(3,4)5)26-20(2)19-25-21(12-10-18-32(6)7)11-9-13-24(25)27(26)22-14-16-23(31)17-15-22/h9,11,13-17,19,28H,8,18H2,1-7H3. The molecule has 3 rings (SSSR count). The van der Waals surface area contributed by atoms with Crippen molar-refractivity contribution in [3.05, 3.63) is 70.2 Å². The molecular weight excluding hydrogens is 458 g/mol. The third-order valence-corrected chi connectivity index (χ3v) is 5.67. The zero-order chi connectivity index (χ0) is 25.8. The van der Waals surface area contributed by atoms with E-state index in [1.165, 1.54) is 0 Å². The number of benzene rings is 3. The van der Waals surface area contributed by atoms with E-state index in [1.807, 2.05) is 83.1 Å². The predicted molar refractivity (Wildman–Crippen MR) is 145 cm³/mol. The fourth-order valence-corrected chi connectivity index (χ4v) is 4.16. The van der Waals surface area contributed by atoms with Gasteiger partial charge in [-0.3, -0.25) is 4.90 Å². The van der Waals surface area contributed by atoms with Crippen LogP contribution in [0.3, 0.4) is 0 Å². The molecule has 0 saturated heterocycles. The SMILES string of the molecule is CCOC(=O)C(OC(C)(C)C)c1c(C)cc2c(C#CCN(C)C)cccc2c1-c1ccc(Cl)cc1. The molecule has 0 heterocycles. The predicted octanol–water partition coefficient (Wildman–Crippen LogP) is 6.80. The van der Waals surface area contributed by atoms with Crippen LogP contribution in [-0.4, -0.2) is 43.7 Å². The van der Waals surface area contributed by atoms with Crippen molar-refractivity contribution in [1.29, 1.82) is 0 Å². The average Bonchev–Trinajstić information content (AvgIpc) is 2.77. The molecule has 35 heavy (non-hydrogen) atoms. The van der Waals surface area contributed by atoms with Crippen LogP contribution in [0.25, 0.3) is 21.9 Å². The van der Waals surface area contributed by atoms with Gasteiger partial charge in [0, 0.05) is 16.1 Å². The van der Waals surface area contributed by atoms with Crippen LogP contribution in [0.1, 0.15) is 50.5 Å². The normalized spacial score (nSPS) is 12.4. The van der Waals surface area contributed by atoms with Crippen LogP contribution in [0.5, 0.6) is 0 Å². The molecule has 0 aliphatic carbocycles. The van der Waals surface area contributed by atoms with Crippen LogP contribution in [0.2, 0.25) is 5.02 Å². The van der Waals surface area contributed by atoms with Crippen molar-refractivity contribution in [1.82, 2.24) is 4.90 Å². The zero-order valence-electron chi connectivity index (χ0n) is 21.7. The second kappa shape index (κ2) is 11.3. The lowest BCUT2D eigenvalue weighted by Crippen LogP contribution is -2.29. The van der Waals surface area contributed by atoms with Crippen LogP contribution in [0.15, 0.2) is 48.5 Å². The van der Waals surface area contributed by atoms with E-state index in [0.29, 0.717) is 11.6 Å². The van der Waals surface area contributed by atoms with Gasteiger partial charge < -0.3 is 9.47 Å². The molecule has 0 aliphatic rings. The Labute approximate surface area is 214 Å². The number of hydrogen-bond acceptors (Lipinski definition) is 4. The number of aryl methyl sites for hydroxylation is 1. The number of nitrogens with zero attached hydrogens (tertiary/aromatic N) is 1. The Morgan fingerprint density at radius 2 is 1.77 bits per heavy atom. The summed E-state index contributed by atoms with van der Waals surface area (Å²) in [5.41, 5.74) is 3.99. The Balaban J connectivity index is 2.38. The monoisotopic (exact) mass is 491 g/mol. The van der Waals surface area contributed by atoms with Gasteiger partial charge in [0.25, 0.3) is 0 Å². The van der Waals surface area contributed by atoms with E-state index >= 15 is 0 Å². The second-order valence-corrected chi connectivity index (χ2v) is 10.2. The van der Waals surface area contributed by atoms with Gasteiger partial charge in [0.05, 0.1) is 18.8 Å². The largest absolute Gasteiger partial charge is 0.464 e. The van der Waals surface area contributed by atoms with Crippen molar-refractivity contribution in [3.63, 3.8) is 0 Å². The van der Waals surface area contributed by atoms with Gasteiger partial charge in [-0.2, -0.15) is 0 Å². The molecule has 0 amide bonds. The van der Waals surface area contributed by atoms with Crippen LogP contribution < -0.4 is 0 Å². The van der Waals surface area contributed by atoms with Gasteiger partial charge >= 0.3 is 5.97 Å². The Kier molecular flexibility index (Phi) is 8.61. The third-order valence-electron chi connectivity index (χ3n) is 5.42. The summed E-state index contributed by atoms with van der Waals surface area (Å²) in [6, 6.07) is 15.9. The Bertz CT molecular complexity index is 1260. The summed E-state index contributed by atoms with van der Waals surface area (Å²) >= 11 is 6.22. The zero-order valence-corrected chi connectivity index (χ0v) is 22.4. The molecular formula is C30H34ClNO3. The van der Waals surface area contributed by atoms with E-state index in [-0.39, 0.29) is 6.61 Å². The summed E-state index contributed by atoms with van der Waals surface area (Å²) in [6.45, 7) is 10.6. The van der Waals surface area contributed by atoms with Gasteiger partial charge in [0.1, 0.15) is 0 Å². The van der Waals surface area contributed by atoms with Crippen molar-refractivity contribution >= 4 is 28.3 Å². The summed E-state index contributed by atoms with van der Waals surface area (Å²) in [5.74, 6) is 6.17. The Morgan fingerprint density at radius 3 is 2.37 bits per heavy atom. The first-order valence-corrected chi connectivity index (χ1v) is 12.2. The van der Waals surface area contributed by atoms with E-state index < -0.39 is 17.7 Å². The highest BCUT2D eigenvalue weighted by Crippen LogP contribution is 2.41. The highest BCUT2D eigenvalue weighted by atomic mass is 35.5. The van der Waals surface area contributed by atoms with Gasteiger partial charge in [-0.05, 0) is 100 Å². The lowest BCUT2D eigenvalue weighted by molar-refractivity contribution is -0.166. The molecule has 5 heteroatoms. The molecule has 1 unspecified atom stereocenters. The molecule has 0 aromatic heterocycles. The van der Waals surface area contributed by atoms with E-state index in [2.05, 4.69) is 24.0 Å². The number of ether oxygens (including phenoxy) is 2. The number of hydrogen-bond donors (Lipinski definition) is 0. The van der Waals surface area contributed by atoms with Gasteiger partial charge in [-0.1, -0.05) is 47.7 Å². The molecule has 0 aliphatic heterocycles. The lowest BCUT2D eigenvalue weighted by Gasteiger charge is -2.29. The van der Waals surface area contributed by atoms with Crippen LogP contribution in [-0.2, 0) is 14.3 Å². The lowest BCUT2D eigenvalue weighted by atomic mass is 9.86. The summed E-state index contributed by atoms with van der Waals surface area (Å²) in [7, 11) is 4.00. The van der Waals surface area contributed by atoms with Gasteiger partial charge in [-0.25, -0.2) is 4.79 Å². The maximum Gasteiger partial charge on any atom is 0.339 e. The number of esters is 1. The topological polar surface area (TPSA) is 38.8 Å². The molecule has 3 aromatic rings. The molecule has 184 valence electrons. The maximum absolute atomic E-state index is 13.2. The number of carbonyl (C=O) groups is 1. The van der Waals surface area contributed by atoms with Gasteiger partial charge in [-0.15, -0.1) is 0 Å². The summed E-state index contributed by atoms with van der Waals surface area (Å²) in [4.78, 5) is 15.3. The minimum absolute atomic E-state index is 0.275. The number of halogens is 1. The van der Waals surface area contributed by atoms with Gasteiger partial charge in [0.15, 0.2) is 6.10 Å². The van der Waals surface area contributed by atoms with E-state index in [9.17, 15) is 4.79 Å². The Hall–Kier alpha value is -2.84. The molecule has 0 fully saturated rings. The highest BCUT2D eigenvalue weighted by molar-refractivity contribution is 6.30. The third kappa shape index (κ3) is 6.64. The first-order valence-electron chi connectivity index (χ1n) is 11.8. The van der Waals surface area contributed by atoms with Crippen molar-refractivity contribution in [3.8, 4) is 23.0 Å². The Morgan fingerprint density at radius 1 is 1.09 bits per heavy atom. The van der Waals surface area contributed by atoms with Crippen molar-refractivity contribution in [2.24, 2.45) is 0 Å². The first kappa shape index (κ1) is 26.8. The molecule has 0 radical (unpaired) electrons. The number of rotatable bonds is 6. The summed E-state index contributed by atoms with van der Waals surface area (Å²) in [5, 5.41) is 2.68. The van der Waals surface area contributed by atoms with E-state index in [0.717, 1.165) is 38.6 Å². The second-order valence-electron chi connectivity index (χ2n) is 9.79. The summed E-state index contributed by atoms with van der Waals surface area (Å²) < 4.78 is 11.8. The molecule has 0 bridgehead atoms. The molecule has 0 N–H and O–H groups in total. The molecule has 0 saturated carbocycles. The minimum atomic E-state index is -0.881. The van der Waals surface area contributed by atoms with Crippen LogP contribution >= 0.6 is 11.6 Å². The van der Waals surface area contributed by atoms with E-state index in [4.69, 9.17) is 21.1 Å². The molecule has 4 nitrogen and oxygen atoms in total. The minimum Gasteiger partial charge on any atom is -0.464 e. The maximum atomic E-state index is 13.2. The molecule has 1 atom stereocenters. The van der Waals surface area contributed by atoms with Gasteiger partial charge in [0.2, 0.25) is 0 Å². The van der Waals surface area contributed by atoms with Crippen LogP contribution in [0, 0.1) is 18.8 Å². The fourth-order valence-electron chi connectivity index (χ4n) is 4.04. The molecule has 3 aromatic carbocycles. The van der Waals surface area contributed by atoms with Crippen LogP contribution in [0.4, 0.5) is 0 Å². The fraction of sp³-hybridized carbons (Fsp3) is 0.367. The number of fused-ring (bicyclic) bond motifs is 1. The first-order chi connectivity index (χ1) is 16.5. The number of carbonyl (C=O) groups excluding carboxylic acids is 1. The smallest absolute Gasteiger partial charge is 0.339 e. The van der Waals surface area contributed by atoms with Crippen molar-refractivity contribution < 1.29 is 14.3 Å². The van der Waals surface area contributed by atoms with E-state index in [1.54, 1.807) is 6.92 Å². The quantitative estimate of drug-likeness (QED) is 0.281.